The Labute approximate surface area is 220 Å². The number of aromatic nitrogens is 2. The molecule has 5 rings (SSSR count). The fourth-order valence-corrected chi connectivity index (χ4v) is 7.75. The molecule has 7 nitrogen and oxygen atoms in total. The molecule has 2 fully saturated rings. The number of fused-ring (bicyclic) bond motifs is 1. The average Bonchev–Trinajstić information content (AvgIpc) is 3.35. The summed E-state index contributed by atoms with van der Waals surface area (Å²) in [6.07, 6.45) is 4.10. The van der Waals surface area contributed by atoms with Crippen LogP contribution in [0.1, 0.15) is 48.8 Å². The first-order valence-corrected chi connectivity index (χ1v) is 14.9. The average molecular weight is 523 g/mol. The van der Waals surface area contributed by atoms with E-state index in [4.69, 9.17) is 0 Å². The van der Waals surface area contributed by atoms with Crippen molar-refractivity contribution in [2.24, 2.45) is 0 Å². The first-order valence-electron chi connectivity index (χ1n) is 13.4. The quantitative estimate of drug-likeness (QED) is 0.503. The SMILES string of the molecule is CCCn1nccc1S(=O)(=O)N1CCCCN2C(CO)[C@@H](c3ccc(-c4cccc(C)c4C)cc3)[C@@H]2C1. The van der Waals surface area contributed by atoms with Gasteiger partial charge in [-0.05, 0) is 73.5 Å². The highest BCUT2D eigenvalue weighted by Crippen LogP contribution is 2.43. The van der Waals surface area contributed by atoms with E-state index in [2.05, 4.69) is 66.3 Å². The van der Waals surface area contributed by atoms with E-state index in [1.165, 1.54) is 22.3 Å². The molecule has 2 aliphatic rings. The molecule has 0 spiro atoms. The molecule has 198 valence electrons. The Hall–Kier alpha value is -2.52. The highest BCUT2D eigenvalue weighted by atomic mass is 32.2. The summed E-state index contributed by atoms with van der Waals surface area (Å²) in [6, 6.07) is 16.7. The van der Waals surface area contributed by atoms with Gasteiger partial charge in [-0.25, -0.2) is 8.42 Å². The lowest BCUT2D eigenvalue weighted by Gasteiger charge is -2.57. The monoisotopic (exact) mass is 522 g/mol. The lowest BCUT2D eigenvalue weighted by molar-refractivity contribution is -0.0554. The molecule has 2 aromatic carbocycles. The standard InChI is InChI=1S/C29H38N4O3S/c1-4-16-33-28(14-15-30-33)37(35,36)31-17-5-6-18-32-26(19-31)29(27(32)20-34)24-12-10-23(11-13-24)25-9-7-8-21(2)22(25)3/h7-15,26-27,29,34H,4-6,16-20H2,1-3H3/t26-,27?,29-/m0/s1. The van der Waals surface area contributed by atoms with Gasteiger partial charge in [-0.2, -0.15) is 9.40 Å². The molecule has 37 heavy (non-hydrogen) atoms. The third-order valence-electron chi connectivity index (χ3n) is 8.26. The van der Waals surface area contributed by atoms with Gasteiger partial charge in [0.1, 0.15) is 0 Å². The maximum absolute atomic E-state index is 13.7. The molecule has 0 saturated carbocycles. The van der Waals surface area contributed by atoms with E-state index in [-0.39, 0.29) is 29.6 Å². The molecule has 1 unspecified atom stereocenters. The summed E-state index contributed by atoms with van der Waals surface area (Å²) in [5.41, 5.74) is 6.11. The smallest absolute Gasteiger partial charge is 0.260 e. The van der Waals surface area contributed by atoms with Crippen LogP contribution in [0.5, 0.6) is 0 Å². The van der Waals surface area contributed by atoms with Crippen LogP contribution in [0.3, 0.4) is 0 Å². The van der Waals surface area contributed by atoms with Crippen LogP contribution in [0.15, 0.2) is 59.8 Å². The minimum absolute atomic E-state index is 0.00447. The highest BCUT2D eigenvalue weighted by Gasteiger charge is 2.50. The van der Waals surface area contributed by atoms with Crippen molar-refractivity contribution in [1.82, 2.24) is 19.0 Å². The van der Waals surface area contributed by atoms with Gasteiger partial charge in [-0.3, -0.25) is 9.58 Å². The second kappa shape index (κ2) is 10.7. The predicted molar refractivity (Wildman–Crippen MR) is 146 cm³/mol. The lowest BCUT2D eigenvalue weighted by Crippen LogP contribution is -2.67. The largest absolute Gasteiger partial charge is 0.395 e. The van der Waals surface area contributed by atoms with E-state index in [1.807, 2.05) is 6.92 Å². The minimum atomic E-state index is -3.67. The van der Waals surface area contributed by atoms with Gasteiger partial charge in [0.05, 0.1) is 12.8 Å². The van der Waals surface area contributed by atoms with Crippen LogP contribution in [-0.4, -0.2) is 70.8 Å². The Morgan fingerprint density at radius 3 is 2.51 bits per heavy atom. The zero-order valence-corrected chi connectivity index (χ0v) is 22.9. The Morgan fingerprint density at radius 1 is 1.03 bits per heavy atom. The number of benzene rings is 2. The van der Waals surface area contributed by atoms with Gasteiger partial charge in [-0.1, -0.05) is 49.4 Å². The van der Waals surface area contributed by atoms with Crippen molar-refractivity contribution in [3.05, 3.63) is 71.4 Å². The second-order valence-corrected chi connectivity index (χ2v) is 12.3. The number of aliphatic hydroxyl groups is 1. The molecule has 1 aromatic heterocycles. The molecule has 0 radical (unpaired) electrons. The highest BCUT2D eigenvalue weighted by molar-refractivity contribution is 7.89. The summed E-state index contributed by atoms with van der Waals surface area (Å²) in [5.74, 6) is 0.0778. The summed E-state index contributed by atoms with van der Waals surface area (Å²) in [6.45, 7) is 8.75. The third kappa shape index (κ3) is 4.76. The molecule has 1 N–H and O–H groups in total. The van der Waals surface area contributed by atoms with Crippen LogP contribution in [0, 0.1) is 13.8 Å². The predicted octanol–water partition coefficient (Wildman–Crippen LogP) is 4.19. The number of aliphatic hydroxyl groups excluding tert-OH is 1. The van der Waals surface area contributed by atoms with E-state index in [0.29, 0.717) is 19.6 Å². The Kier molecular flexibility index (Phi) is 7.54. The maximum atomic E-state index is 13.7. The van der Waals surface area contributed by atoms with Crippen molar-refractivity contribution in [3.8, 4) is 11.1 Å². The van der Waals surface area contributed by atoms with Crippen molar-refractivity contribution in [1.29, 1.82) is 0 Å². The van der Waals surface area contributed by atoms with Crippen LogP contribution in [0.2, 0.25) is 0 Å². The first-order chi connectivity index (χ1) is 17.9. The van der Waals surface area contributed by atoms with Crippen LogP contribution < -0.4 is 0 Å². The number of hydrogen-bond donors (Lipinski definition) is 1. The van der Waals surface area contributed by atoms with E-state index >= 15 is 0 Å². The minimum Gasteiger partial charge on any atom is -0.395 e. The zero-order valence-electron chi connectivity index (χ0n) is 22.0. The molecule has 2 saturated heterocycles. The summed E-state index contributed by atoms with van der Waals surface area (Å²) in [5, 5.41) is 14.8. The first kappa shape index (κ1) is 26.1. The van der Waals surface area contributed by atoms with Crippen molar-refractivity contribution in [2.45, 2.75) is 69.6 Å². The normalized spacial score (nSPS) is 23.2. The van der Waals surface area contributed by atoms with E-state index in [9.17, 15) is 13.5 Å². The van der Waals surface area contributed by atoms with Gasteiger partial charge in [-0.15, -0.1) is 0 Å². The summed E-state index contributed by atoms with van der Waals surface area (Å²) >= 11 is 0. The Bertz CT molecular complexity index is 1340. The molecule has 8 heteroatoms. The van der Waals surface area contributed by atoms with Crippen molar-refractivity contribution in [3.63, 3.8) is 0 Å². The summed E-state index contributed by atoms with van der Waals surface area (Å²) in [4.78, 5) is 2.31. The summed E-state index contributed by atoms with van der Waals surface area (Å²) in [7, 11) is -3.67. The Morgan fingerprint density at radius 2 is 1.78 bits per heavy atom. The van der Waals surface area contributed by atoms with Crippen LogP contribution >= 0.6 is 0 Å². The number of sulfonamides is 1. The zero-order chi connectivity index (χ0) is 26.2. The fraction of sp³-hybridized carbons (Fsp3) is 0.483. The van der Waals surface area contributed by atoms with Gasteiger partial charge in [0.25, 0.3) is 10.0 Å². The van der Waals surface area contributed by atoms with Crippen molar-refractivity contribution >= 4 is 10.0 Å². The Balaban J connectivity index is 1.43. The molecule has 3 aromatic rings. The van der Waals surface area contributed by atoms with Gasteiger partial charge in [0, 0.05) is 37.6 Å². The number of hydrogen-bond acceptors (Lipinski definition) is 5. The van der Waals surface area contributed by atoms with E-state index in [0.717, 1.165) is 31.4 Å². The summed E-state index contributed by atoms with van der Waals surface area (Å²) < 4.78 is 30.7. The number of rotatable bonds is 7. The van der Waals surface area contributed by atoms with Gasteiger partial charge >= 0.3 is 0 Å². The maximum Gasteiger partial charge on any atom is 0.260 e. The molecule has 0 amide bonds. The van der Waals surface area contributed by atoms with Gasteiger partial charge in [0.2, 0.25) is 0 Å². The molecule has 2 aliphatic heterocycles. The van der Waals surface area contributed by atoms with Crippen molar-refractivity contribution < 1.29 is 13.5 Å². The van der Waals surface area contributed by atoms with Crippen LogP contribution in [0.25, 0.3) is 11.1 Å². The number of aryl methyl sites for hydroxylation is 2. The topological polar surface area (TPSA) is 78.7 Å². The fourth-order valence-electron chi connectivity index (χ4n) is 6.13. The third-order valence-corrected chi connectivity index (χ3v) is 10.1. The lowest BCUT2D eigenvalue weighted by atomic mass is 9.74. The van der Waals surface area contributed by atoms with Crippen LogP contribution in [0.4, 0.5) is 0 Å². The number of nitrogens with zero attached hydrogens (tertiary/aromatic N) is 4. The van der Waals surface area contributed by atoms with E-state index in [1.54, 1.807) is 21.3 Å². The molecule has 0 aliphatic carbocycles. The van der Waals surface area contributed by atoms with Crippen LogP contribution in [-0.2, 0) is 16.6 Å². The second-order valence-electron chi connectivity index (χ2n) is 10.4. The molecule has 3 atom stereocenters. The molecular formula is C29H38N4O3S. The van der Waals surface area contributed by atoms with Crippen molar-refractivity contribution in [2.75, 3.05) is 26.2 Å². The van der Waals surface area contributed by atoms with Gasteiger partial charge < -0.3 is 5.11 Å². The van der Waals surface area contributed by atoms with E-state index < -0.39 is 10.0 Å². The molecular weight excluding hydrogens is 484 g/mol. The molecule has 0 bridgehead atoms. The van der Waals surface area contributed by atoms with Gasteiger partial charge in [0.15, 0.2) is 5.03 Å². The molecule has 3 heterocycles.